The molecule has 2 aliphatic carbocycles. The van der Waals surface area contributed by atoms with Gasteiger partial charge >= 0.3 is 5.97 Å². The van der Waals surface area contributed by atoms with E-state index in [2.05, 4.69) is 33.4 Å². The van der Waals surface area contributed by atoms with Crippen LogP contribution in [0.4, 0.5) is 0 Å². The van der Waals surface area contributed by atoms with Gasteiger partial charge < -0.3 is 21.3 Å². The Morgan fingerprint density at radius 2 is 1.40 bits per heavy atom. The van der Waals surface area contributed by atoms with Crippen molar-refractivity contribution in [1.82, 2.24) is 26.3 Å². The van der Waals surface area contributed by atoms with Crippen LogP contribution in [0.15, 0.2) is 17.0 Å². The Morgan fingerprint density at radius 1 is 0.886 bits per heavy atom. The predicted octanol–water partition coefficient (Wildman–Crippen LogP) is 3.05. The molecule has 0 saturated heterocycles. The molecule has 35 heavy (non-hydrogen) atoms. The summed E-state index contributed by atoms with van der Waals surface area (Å²) in [5, 5.41) is 15.2. The molecule has 8 nitrogen and oxygen atoms in total. The molecule has 2 heterocycles. The molecule has 0 spiro atoms. The van der Waals surface area contributed by atoms with E-state index in [0.717, 1.165) is 48.9 Å². The highest BCUT2D eigenvalue weighted by atomic mass is 32.2. The van der Waals surface area contributed by atoms with Crippen molar-refractivity contribution >= 4 is 17.7 Å². The molecule has 9 heteroatoms. The maximum atomic E-state index is 12.0. The number of nitrogens with zero attached hydrogens (tertiary/aromatic N) is 1. The summed E-state index contributed by atoms with van der Waals surface area (Å²) in [7, 11) is 0. The van der Waals surface area contributed by atoms with Crippen LogP contribution in [-0.2, 0) is 27.7 Å². The third-order valence-electron chi connectivity index (χ3n) is 7.26. The lowest BCUT2D eigenvalue weighted by Crippen LogP contribution is -2.53. The van der Waals surface area contributed by atoms with Gasteiger partial charge in [0.1, 0.15) is 0 Å². The van der Waals surface area contributed by atoms with Crippen molar-refractivity contribution in [2.45, 2.75) is 107 Å². The molecule has 1 aliphatic heterocycles. The Hall–Kier alpha value is -1.23. The van der Waals surface area contributed by atoms with E-state index in [9.17, 15) is 4.79 Å². The minimum absolute atomic E-state index is 0.219. The number of hydrogen-bond donors (Lipinski definition) is 4. The molecule has 196 valence electrons. The van der Waals surface area contributed by atoms with Crippen molar-refractivity contribution < 1.29 is 14.6 Å². The third-order valence-corrected chi connectivity index (χ3v) is 8.21. The summed E-state index contributed by atoms with van der Waals surface area (Å²) >= 11 is 1.48. The van der Waals surface area contributed by atoms with Crippen molar-refractivity contribution in [3.8, 4) is 0 Å². The van der Waals surface area contributed by atoms with E-state index in [0.29, 0.717) is 30.8 Å². The molecule has 2 saturated carbocycles. The lowest BCUT2D eigenvalue weighted by Gasteiger charge is -2.34. The number of fused-ring (bicyclic) bond motifs is 4. The molecule has 4 rings (SSSR count). The van der Waals surface area contributed by atoms with Gasteiger partial charge in [0.25, 0.3) is 0 Å². The Labute approximate surface area is 214 Å². The van der Waals surface area contributed by atoms with E-state index in [1.165, 1.54) is 63.1 Å². The Bertz CT molecular complexity index is 750. The van der Waals surface area contributed by atoms with Crippen LogP contribution in [0.2, 0.25) is 0 Å². The van der Waals surface area contributed by atoms with Gasteiger partial charge in [0, 0.05) is 55.2 Å². The fourth-order valence-corrected chi connectivity index (χ4v) is 6.24. The zero-order chi connectivity index (χ0) is 24.3. The maximum Gasteiger partial charge on any atom is 0.352 e. The molecule has 0 radical (unpaired) electrons. The first kappa shape index (κ1) is 26.8. The minimum Gasteiger partial charge on any atom is -0.311 e. The molecule has 4 atom stereocenters. The van der Waals surface area contributed by atoms with E-state index >= 15 is 0 Å². The van der Waals surface area contributed by atoms with Gasteiger partial charge in [-0.1, -0.05) is 32.6 Å². The topological polar surface area (TPSA) is 96.5 Å². The van der Waals surface area contributed by atoms with E-state index in [1.54, 1.807) is 0 Å². The lowest BCUT2D eigenvalue weighted by atomic mass is 9.89. The summed E-state index contributed by atoms with van der Waals surface area (Å²) < 4.78 is 0. The van der Waals surface area contributed by atoms with Crippen LogP contribution in [0, 0.1) is 0 Å². The fourth-order valence-electron chi connectivity index (χ4n) is 5.47. The zero-order valence-corrected chi connectivity index (χ0v) is 22.0. The second-order valence-electron chi connectivity index (χ2n) is 10.0. The Balaban J connectivity index is 1.47. The molecule has 4 N–H and O–H groups in total. The fraction of sp³-hybridized carbons (Fsp3) is 0.769. The smallest absolute Gasteiger partial charge is 0.311 e. The number of nitrogens with one attached hydrogen (secondary N) is 4. The maximum absolute atomic E-state index is 12.0. The summed E-state index contributed by atoms with van der Waals surface area (Å²) in [5.41, 5.74) is 2.06. The van der Waals surface area contributed by atoms with E-state index in [-0.39, 0.29) is 11.7 Å². The quantitative estimate of drug-likeness (QED) is 0.201. The standard InChI is InChI=1S/C26H43N5O3S/c1-2-13-33-34-26(32)18-35-21-14-19-16-29-24-9-5-3-7-22(24)27-11-12-28-23-8-4-6-10-25(23)30-17-20(15-21)31-19/h14-15,22-25,27-30H,2-13,16-18H2,1H3/t22-,23-,24-,25-/m1/s1. The molecule has 1 aromatic heterocycles. The first-order valence-corrected chi connectivity index (χ1v) is 14.6. The number of pyridine rings is 1. The second-order valence-corrected chi connectivity index (χ2v) is 11.1. The van der Waals surface area contributed by atoms with Crippen LogP contribution in [0.5, 0.6) is 0 Å². The average Bonchev–Trinajstić information content (AvgIpc) is 2.88. The van der Waals surface area contributed by atoms with Crippen molar-refractivity contribution in [3.05, 3.63) is 23.5 Å². The van der Waals surface area contributed by atoms with Gasteiger partial charge in [-0.3, -0.25) is 9.87 Å². The number of aromatic nitrogens is 1. The van der Waals surface area contributed by atoms with Gasteiger partial charge in [0.2, 0.25) is 0 Å². The third kappa shape index (κ3) is 8.68. The van der Waals surface area contributed by atoms with Crippen LogP contribution >= 0.6 is 11.8 Å². The number of carbonyl (C=O) groups excluding carboxylic acids is 1. The summed E-state index contributed by atoms with van der Waals surface area (Å²) in [6, 6.07) is 6.14. The Morgan fingerprint density at radius 3 is 1.91 bits per heavy atom. The van der Waals surface area contributed by atoms with Crippen LogP contribution in [-0.4, -0.2) is 60.6 Å². The van der Waals surface area contributed by atoms with Crippen LogP contribution in [0.1, 0.15) is 76.1 Å². The molecule has 1 aromatic rings. The molecule has 0 unspecified atom stereocenters. The number of thioether (sulfide) groups is 1. The van der Waals surface area contributed by atoms with Crippen molar-refractivity contribution in [2.24, 2.45) is 0 Å². The normalized spacial score (nSPS) is 28.1. The lowest BCUT2D eigenvalue weighted by molar-refractivity contribution is -0.269. The first-order chi connectivity index (χ1) is 17.2. The van der Waals surface area contributed by atoms with Gasteiger partial charge in [-0.05, 0) is 44.2 Å². The van der Waals surface area contributed by atoms with Crippen molar-refractivity contribution in [2.75, 3.05) is 25.4 Å². The van der Waals surface area contributed by atoms with Crippen LogP contribution < -0.4 is 21.3 Å². The summed E-state index contributed by atoms with van der Waals surface area (Å²) in [6.07, 6.45) is 10.8. The van der Waals surface area contributed by atoms with E-state index in [4.69, 9.17) is 14.8 Å². The SMILES string of the molecule is CCCOOC(=O)CSc1cc2nc(c1)CN[C@@H]1CCCC[C@H]1NCCN[C@@H]1CCCC[C@H]1NC2. The molecular weight excluding hydrogens is 462 g/mol. The summed E-state index contributed by atoms with van der Waals surface area (Å²) in [5.74, 6) is -0.137. The molecule has 2 bridgehead atoms. The first-order valence-electron chi connectivity index (χ1n) is 13.6. The van der Waals surface area contributed by atoms with Gasteiger partial charge in [-0.2, -0.15) is 4.89 Å². The highest BCUT2D eigenvalue weighted by Gasteiger charge is 2.27. The van der Waals surface area contributed by atoms with Gasteiger partial charge in [-0.15, -0.1) is 11.8 Å². The highest BCUT2D eigenvalue weighted by Crippen LogP contribution is 2.24. The number of rotatable bonds is 6. The van der Waals surface area contributed by atoms with Gasteiger partial charge in [0.05, 0.1) is 23.7 Å². The monoisotopic (exact) mass is 505 g/mol. The largest absolute Gasteiger partial charge is 0.352 e. The van der Waals surface area contributed by atoms with E-state index < -0.39 is 0 Å². The molecule has 2 fully saturated rings. The van der Waals surface area contributed by atoms with Gasteiger partial charge in [0.15, 0.2) is 0 Å². The number of hydrogen-bond acceptors (Lipinski definition) is 9. The Kier molecular flexibility index (Phi) is 11.1. The summed E-state index contributed by atoms with van der Waals surface area (Å²) in [6.45, 7) is 5.89. The van der Waals surface area contributed by atoms with E-state index in [1.807, 2.05) is 6.92 Å². The zero-order valence-electron chi connectivity index (χ0n) is 21.2. The highest BCUT2D eigenvalue weighted by molar-refractivity contribution is 8.00. The van der Waals surface area contributed by atoms with Gasteiger partial charge in [-0.25, -0.2) is 4.79 Å². The van der Waals surface area contributed by atoms with Crippen molar-refractivity contribution in [3.63, 3.8) is 0 Å². The summed E-state index contributed by atoms with van der Waals surface area (Å²) in [4.78, 5) is 27.9. The van der Waals surface area contributed by atoms with Crippen LogP contribution in [0.25, 0.3) is 0 Å². The molecule has 0 aromatic carbocycles. The second kappa shape index (κ2) is 14.5. The minimum atomic E-state index is -0.356. The van der Waals surface area contributed by atoms with Crippen LogP contribution in [0.3, 0.4) is 0 Å². The van der Waals surface area contributed by atoms with Crippen molar-refractivity contribution in [1.29, 1.82) is 0 Å². The predicted molar refractivity (Wildman–Crippen MR) is 139 cm³/mol. The molecular formula is C26H43N5O3S. The number of carbonyl (C=O) groups is 1. The average molecular weight is 506 g/mol. The molecule has 0 amide bonds. The molecule has 3 aliphatic rings.